The Labute approximate surface area is 187 Å². The number of carbonyl (C=O) groups excluding carboxylic acids is 1. The lowest BCUT2D eigenvalue weighted by Crippen LogP contribution is -2.29. The maximum atomic E-state index is 11.6. The molecule has 0 amide bonds. The topological polar surface area (TPSA) is 44.8 Å². The third-order valence-corrected chi connectivity index (χ3v) is 4.95. The first-order valence-corrected chi connectivity index (χ1v) is 11.0. The molecule has 0 saturated carbocycles. The lowest BCUT2D eigenvalue weighted by molar-refractivity contribution is -0.137. The molecule has 0 bridgehead atoms. The molecule has 31 heavy (non-hydrogen) atoms. The van der Waals surface area contributed by atoms with E-state index < -0.39 is 0 Å². The van der Waals surface area contributed by atoms with Crippen molar-refractivity contribution in [1.29, 1.82) is 0 Å². The first kappa shape index (κ1) is 24.5. The van der Waals surface area contributed by atoms with Gasteiger partial charge in [0.2, 0.25) is 0 Å². The van der Waals surface area contributed by atoms with Gasteiger partial charge in [0.15, 0.2) is 0 Å². The SMILES string of the molecule is CCOC(=O)/C=C(C)/C=C/C=C(/C)c1cc2c(cc1OCC)OC(C)(C)C=C2C(C)C. The van der Waals surface area contributed by atoms with Crippen LogP contribution in [0.4, 0.5) is 0 Å². The summed E-state index contributed by atoms with van der Waals surface area (Å²) < 4.78 is 17.2. The predicted octanol–water partition coefficient (Wildman–Crippen LogP) is 6.76. The summed E-state index contributed by atoms with van der Waals surface area (Å²) in [5.74, 6) is 1.73. The maximum absolute atomic E-state index is 11.6. The second-order valence-electron chi connectivity index (χ2n) is 8.59. The highest BCUT2D eigenvalue weighted by Crippen LogP contribution is 2.44. The summed E-state index contributed by atoms with van der Waals surface area (Å²) >= 11 is 0. The molecule has 0 aromatic heterocycles. The minimum atomic E-state index is -0.353. The quantitative estimate of drug-likeness (QED) is 0.263. The number of esters is 1. The Hall–Kier alpha value is -2.75. The van der Waals surface area contributed by atoms with Gasteiger partial charge in [0.1, 0.15) is 17.1 Å². The van der Waals surface area contributed by atoms with Gasteiger partial charge < -0.3 is 14.2 Å². The molecule has 4 heteroatoms. The van der Waals surface area contributed by atoms with Crippen molar-refractivity contribution in [3.8, 4) is 11.5 Å². The molecule has 0 unspecified atom stereocenters. The molecule has 1 aliphatic rings. The zero-order valence-corrected chi connectivity index (χ0v) is 20.2. The molecule has 1 aromatic rings. The second-order valence-corrected chi connectivity index (χ2v) is 8.59. The van der Waals surface area contributed by atoms with Crippen LogP contribution >= 0.6 is 0 Å². The fraction of sp³-hybridized carbons (Fsp3) is 0.444. The highest BCUT2D eigenvalue weighted by molar-refractivity contribution is 5.83. The minimum absolute atomic E-state index is 0.324. The van der Waals surface area contributed by atoms with E-state index in [1.54, 1.807) is 6.92 Å². The first-order valence-electron chi connectivity index (χ1n) is 11.0. The van der Waals surface area contributed by atoms with E-state index in [-0.39, 0.29) is 11.6 Å². The van der Waals surface area contributed by atoms with E-state index in [2.05, 4.69) is 46.8 Å². The van der Waals surface area contributed by atoms with Gasteiger partial charge in [-0.3, -0.25) is 0 Å². The minimum Gasteiger partial charge on any atom is -0.493 e. The molecule has 0 N–H and O–H groups in total. The van der Waals surface area contributed by atoms with Crippen LogP contribution in [0.15, 0.2) is 48.1 Å². The van der Waals surface area contributed by atoms with Gasteiger partial charge in [-0.2, -0.15) is 0 Å². The molecule has 4 nitrogen and oxygen atoms in total. The predicted molar refractivity (Wildman–Crippen MR) is 128 cm³/mol. The van der Waals surface area contributed by atoms with Gasteiger partial charge in [-0.05, 0) is 76.3 Å². The fourth-order valence-electron chi connectivity index (χ4n) is 3.55. The van der Waals surface area contributed by atoms with E-state index in [1.807, 2.05) is 38.1 Å². The summed E-state index contributed by atoms with van der Waals surface area (Å²) in [4.78, 5) is 11.6. The van der Waals surface area contributed by atoms with Crippen molar-refractivity contribution in [3.05, 3.63) is 59.2 Å². The van der Waals surface area contributed by atoms with Gasteiger partial charge in [-0.25, -0.2) is 4.79 Å². The molecule has 1 heterocycles. The van der Waals surface area contributed by atoms with E-state index >= 15 is 0 Å². The van der Waals surface area contributed by atoms with E-state index in [1.165, 1.54) is 11.6 Å². The Morgan fingerprint density at radius 2 is 1.87 bits per heavy atom. The fourth-order valence-corrected chi connectivity index (χ4v) is 3.55. The largest absolute Gasteiger partial charge is 0.493 e. The molecule has 0 radical (unpaired) electrons. The van der Waals surface area contributed by atoms with Crippen molar-refractivity contribution in [2.24, 2.45) is 5.92 Å². The molecule has 0 atom stereocenters. The van der Waals surface area contributed by atoms with Crippen LogP contribution in [0, 0.1) is 5.92 Å². The number of fused-ring (bicyclic) bond motifs is 1. The molecule has 2 rings (SSSR count). The second kappa shape index (κ2) is 10.5. The zero-order valence-electron chi connectivity index (χ0n) is 20.2. The Morgan fingerprint density at radius 3 is 2.48 bits per heavy atom. The van der Waals surface area contributed by atoms with Crippen LogP contribution in [0.2, 0.25) is 0 Å². The van der Waals surface area contributed by atoms with Crippen molar-refractivity contribution in [2.45, 2.75) is 61.0 Å². The Bertz CT molecular complexity index is 927. The maximum Gasteiger partial charge on any atom is 0.330 e. The highest BCUT2D eigenvalue weighted by atomic mass is 16.5. The Balaban J connectivity index is 2.43. The number of allylic oxidation sites excluding steroid dienone is 6. The summed E-state index contributed by atoms with van der Waals surface area (Å²) in [6.07, 6.45) is 9.57. The molecular formula is C27H36O4. The van der Waals surface area contributed by atoms with Gasteiger partial charge in [0.25, 0.3) is 0 Å². The molecule has 0 aliphatic carbocycles. The van der Waals surface area contributed by atoms with Gasteiger partial charge >= 0.3 is 5.97 Å². The van der Waals surface area contributed by atoms with Crippen LogP contribution < -0.4 is 9.47 Å². The van der Waals surface area contributed by atoms with Crippen molar-refractivity contribution in [2.75, 3.05) is 13.2 Å². The van der Waals surface area contributed by atoms with Crippen LogP contribution in [0.1, 0.15) is 66.5 Å². The normalized spacial score (nSPS) is 16.1. The highest BCUT2D eigenvalue weighted by Gasteiger charge is 2.29. The summed E-state index contributed by atoms with van der Waals surface area (Å²) in [5, 5.41) is 0. The van der Waals surface area contributed by atoms with E-state index in [4.69, 9.17) is 14.2 Å². The summed E-state index contributed by atoms with van der Waals surface area (Å²) in [5.41, 5.74) is 4.98. The van der Waals surface area contributed by atoms with Gasteiger partial charge in [0, 0.05) is 23.3 Å². The first-order chi connectivity index (χ1) is 14.6. The van der Waals surface area contributed by atoms with E-state index in [9.17, 15) is 4.79 Å². The number of rotatable bonds is 8. The van der Waals surface area contributed by atoms with E-state index in [0.717, 1.165) is 33.8 Å². The number of benzene rings is 1. The van der Waals surface area contributed by atoms with Gasteiger partial charge in [-0.1, -0.05) is 32.1 Å². The lowest BCUT2D eigenvalue weighted by atomic mass is 9.86. The van der Waals surface area contributed by atoms with Crippen molar-refractivity contribution < 1.29 is 19.0 Å². The average Bonchev–Trinajstić information content (AvgIpc) is 2.66. The monoisotopic (exact) mass is 424 g/mol. The number of carbonyl (C=O) groups is 1. The number of hydrogen-bond acceptors (Lipinski definition) is 4. The van der Waals surface area contributed by atoms with Crippen LogP contribution in [-0.2, 0) is 9.53 Å². The third-order valence-electron chi connectivity index (χ3n) is 4.95. The molecule has 0 saturated heterocycles. The molecular weight excluding hydrogens is 388 g/mol. The zero-order chi connectivity index (χ0) is 23.2. The Morgan fingerprint density at radius 1 is 1.16 bits per heavy atom. The molecule has 1 aliphatic heterocycles. The standard InChI is InChI=1S/C27H36O4/c1-9-29-24-16-25-22(23(18(3)4)17-27(7,8)31-25)15-21(24)20(6)13-11-12-19(5)14-26(28)30-10-2/h11-18H,9-10H2,1-8H3/b12-11+,19-14+,20-13-. The van der Waals surface area contributed by atoms with Crippen LogP contribution in [0.25, 0.3) is 11.1 Å². The molecule has 1 aromatic carbocycles. The van der Waals surface area contributed by atoms with Gasteiger partial charge in [0.05, 0.1) is 13.2 Å². The van der Waals surface area contributed by atoms with Crippen molar-refractivity contribution in [1.82, 2.24) is 0 Å². The summed E-state index contributed by atoms with van der Waals surface area (Å²) in [7, 11) is 0. The van der Waals surface area contributed by atoms with Crippen LogP contribution in [0.3, 0.4) is 0 Å². The third kappa shape index (κ3) is 6.61. The number of ether oxygens (including phenoxy) is 3. The van der Waals surface area contributed by atoms with Gasteiger partial charge in [-0.15, -0.1) is 0 Å². The Kier molecular flexibility index (Phi) is 8.32. The lowest BCUT2D eigenvalue weighted by Gasteiger charge is -2.33. The smallest absolute Gasteiger partial charge is 0.330 e. The van der Waals surface area contributed by atoms with Crippen molar-refractivity contribution in [3.63, 3.8) is 0 Å². The average molecular weight is 425 g/mol. The van der Waals surface area contributed by atoms with Crippen LogP contribution in [-0.4, -0.2) is 24.8 Å². The molecule has 0 fully saturated rings. The van der Waals surface area contributed by atoms with E-state index in [0.29, 0.717) is 19.1 Å². The molecule has 0 spiro atoms. The van der Waals surface area contributed by atoms with Crippen LogP contribution in [0.5, 0.6) is 11.5 Å². The summed E-state index contributed by atoms with van der Waals surface area (Å²) in [6, 6.07) is 4.18. The van der Waals surface area contributed by atoms with Crippen molar-refractivity contribution >= 4 is 17.1 Å². The number of hydrogen-bond donors (Lipinski definition) is 0. The summed E-state index contributed by atoms with van der Waals surface area (Å²) in [6.45, 7) is 17.2. The molecule has 168 valence electrons.